The van der Waals surface area contributed by atoms with Gasteiger partial charge in [0.2, 0.25) is 10.0 Å². The molecule has 1 aliphatic heterocycles. The van der Waals surface area contributed by atoms with E-state index in [4.69, 9.17) is 10.00 Å². The maximum absolute atomic E-state index is 12.7. The van der Waals surface area contributed by atoms with Crippen molar-refractivity contribution in [3.8, 4) is 6.07 Å². The van der Waals surface area contributed by atoms with E-state index in [0.717, 1.165) is 0 Å². The highest BCUT2D eigenvalue weighted by atomic mass is 32.2. The third kappa shape index (κ3) is 5.44. The van der Waals surface area contributed by atoms with Crippen LogP contribution in [0, 0.1) is 17.2 Å². The second kappa shape index (κ2) is 8.06. The fraction of sp³-hybridized carbons (Fsp3) is 0.556. The molecule has 1 N–H and O–H groups in total. The van der Waals surface area contributed by atoms with Gasteiger partial charge < -0.3 is 10.1 Å². The molecule has 1 fully saturated rings. The summed E-state index contributed by atoms with van der Waals surface area (Å²) in [5, 5.41) is 11.7. The zero-order chi connectivity index (χ0) is 19.4. The summed E-state index contributed by atoms with van der Waals surface area (Å²) in [4.78, 5) is 11.8. The number of piperidine rings is 1. The lowest BCUT2D eigenvalue weighted by molar-refractivity contribution is 0.0513. The predicted octanol–water partition coefficient (Wildman–Crippen LogP) is 2.48. The van der Waals surface area contributed by atoms with E-state index in [0.29, 0.717) is 38.0 Å². The molecule has 142 valence electrons. The minimum atomic E-state index is -3.60. The maximum Gasteiger partial charge on any atom is 0.407 e. The number of ether oxygens (including phenoxy) is 1. The number of rotatable bonds is 4. The molecule has 0 spiro atoms. The van der Waals surface area contributed by atoms with Crippen LogP contribution in [0.1, 0.15) is 39.2 Å². The molecule has 8 heteroatoms. The van der Waals surface area contributed by atoms with E-state index in [1.807, 2.05) is 6.07 Å². The zero-order valence-corrected chi connectivity index (χ0v) is 16.2. The van der Waals surface area contributed by atoms with Crippen LogP contribution in [0.25, 0.3) is 0 Å². The van der Waals surface area contributed by atoms with E-state index < -0.39 is 21.7 Å². The summed E-state index contributed by atoms with van der Waals surface area (Å²) < 4.78 is 32.1. The van der Waals surface area contributed by atoms with Crippen molar-refractivity contribution >= 4 is 16.1 Å². The number of amides is 1. The Hall–Kier alpha value is -2.11. The van der Waals surface area contributed by atoms with Gasteiger partial charge in [-0.25, -0.2) is 13.2 Å². The molecule has 0 aromatic heterocycles. The van der Waals surface area contributed by atoms with E-state index in [-0.39, 0.29) is 10.8 Å². The Morgan fingerprint density at radius 1 is 1.35 bits per heavy atom. The monoisotopic (exact) mass is 379 g/mol. The highest BCUT2D eigenvalue weighted by Gasteiger charge is 2.30. The van der Waals surface area contributed by atoms with Gasteiger partial charge in [-0.05, 0) is 57.7 Å². The summed E-state index contributed by atoms with van der Waals surface area (Å²) in [6, 6.07) is 8.01. The van der Waals surface area contributed by atoms with Crippen molar-refractivity contribution < 1.29 is 17.9 Å². The summed E-state index contributed by atoms with van der Waals surface area (Å²) in [7, 11) is -3.60. The average molecular weight is 379 g/mol. The first-order valence-electron chi connectivity index (χ1n) is 8.59. The Kier molecular flexibility index (Phi) is 6.26. The molecule has 1 heterocycles. The van der Waals surface area contributed by atoms with Crippen LogP contribution in [0.15, 0.2) is 29.2 Å². The fourth-order valence-corrected chi connectivity index (χ4v) is 4.29. The highest BCUT2D eigenvalue weighted by molar-refractivity contribution is 7.89. The van der Waals surface area contributed by atoms with Crippen LogP contribution in [-0.4, -0.2) is 44.1 Å². The molecule has 0 aliphatic carbocycles. The molecular weight excluding hydrogens is 354 g/mol. The molecule has 0 radical (unpaired) electrons. The summed E-state index contributed by atoms with van der Waals surface area (Å²) in [5.41, 5.74) is -0.220. The summed E-state index contributed by atoms with van der Waals surface area (Å²) in [5.74, 6) is 0.208. The van der Waals surface area contributed by atoms with Crippen LogP contribution >= 0.6 is 0 Å². The number of benzene rings is 1. The molecule has 7 nitrogen and oxygen atoms in total. The minimum absolute atomic E-state index is 0.141. The SMILES string of the molecule is CC(C)(C)OC(=O)NCC1CCN(S(=O)(=O)c2cccc(C#N)c2)CC1. The first-order valence-corrected chi connectivity index (χ1v) is 10.0. The van der Waals surface area contributed by atoms with Gasteiger partial charge in [0.25, 0.3) is 0 Å². The minimum Gasteiger partial charge on any atom is -0.444 e. The Morgan fingerprint density at radius 3 is 2.58 bits per heavy atom. The normalized spacial score (nSPS) is 16.7. The Bertz CT molecular complexity index is 785. The van der Waals surface area contributed by atoms with E-state index in [1.54, 1.807) is 32.9 Å². The highest BCUT2D eigenvalue weighted by Crippen LogP contribution is 2.24. The first kappa shape index (κ1) is 20.2. The van der Waals surface area contributed by atoms with Crippen LogP contribution in [0.2, 0.25) is 0 Å². The van der Waals surface area contributed by atoms with Crippen molar-refractivity contribution in [3.63, 3.8) is 0 Å². The lowest BCUT2D eigenvalue weighted by atomic mass is 9.98. The van der Waals surface area contributed by atoms with E-state index >= 15 is 0 Å². The van der Waals surface area contributed by atoms with Crippen LogP contribution in [-0.2, 0) is 14.8 Å². The molecule has 0 bridgehead atoms. The smallest absolute Gasteiger partial charge is 0.407 e. The van der Waals surface area contributed by atoms with Gasteiger partial charge in [0.1, 0.15) is 5.60 Å². The van der Waals surface area contributed by atoms with Gasteiger partial charge in [0.15, 0.2) is 0 Å². The Labute approximate surface area is 155 Å². The number of nitrogens with zero attached hydrogens (tertiary/aromatic N) is 2. The number of sulfonamides is 1. The number of nitriles is 1. The van der Waals surface area contributed by atoms with Gasteiger partial charge in [-0.1, -0.05) is 6.07 Å². The molecule has 0 saturated carbocycles. The fourth-order valence-electron chi connectivity index (χ4n) is 2.77. The van der Waals surface area contributed by atoms with Crippen molar-refractivity contribution in [1.29, 1.82) is 5.26 Å². The molecule has 1 aromatic rings. The molecule has 1 aliphatic rings. The average Bonchev–Trinajstić information content (AvgIpc) is 2.59. The third-order valence-corrected chi connectivity index (χ3v) is 6.00. The molecule has 26 heavy (non-hydrogen) atoms. The number of carbonyl (C=O) groups excluding carboxylic acids is 1. The van der Waals surface area contributed by atoms with Crippen LogP contribution in [0.5, 0.6) is 0 Å². The number of alkyl carbamates (subject to hydrolysis) is 1. The van der Waals surface area contributed by atoms with Crippen molar-refractivity contribution in [3.05, 3.63) is 29.8 Å². The maximum atomic E-state index is 12.7. The Balaban J connectivity index is 1.89. The van der Waals surface area contributed by atoms with Gasteiger partial charge in [0, 0.05) is 19.6 Å². The zero-order valence-electron chi connectivity index (χ0n) is 15.4. The van der Waals surface area contributed by atoms with E-state index in [2.05, 4.69) is 5.32 Å². The number of carbonyl (C=O) groups is 1. The summed E-state index contributed by atoms with van der Waals surface area (Å²) >= 11 is 0. The van der Waals surface area contributed by atoms with Crippen LogP contribution < -0.4 is 5.32 Å². The molecule has 1 aromatic carbocycles. The molecule has 0 atom stereocenters. The lowest BCUT2D eigenvalue weighted by Gasteiger charge is -2.31. The van der Waals surface area contributed by atoms with Gasteiger partial charge in [0.05, 0.1) is 16.5 Å². The van der Waals surface area contributed by atoms with Crippen LogP contribution in [0.4, 0.5) is 4.79 Å². The van der Waals surface area contributed by atoms with Crippen molar-refractivity contribution in [2.75, 3.05) is 19.6 Å². The lowest BCUT2D eigenvalue weighted by Crippen LogP contribution is -2.42. The molecule has 2 rings (SSSR count). The molecular formula is C18H25N3O4S. The van der Waals surface area contributed by atoms with Crippen LogP contribution in [0.3, 0.4) is 0 Å². The topological polar surface area (TPSA) is 99.5 Å². The number of hydrogen-bond acceptors (Lipinski definition) is 5. The summed E-state index contributed by atoms with van der Waals surface area (Å²) in [6.45, 7) is 6.65. The quantitative estimate of drug-likeness (QED) is 0.866. The van der Waals surface area contributed by atoms with Gasteiger partial charge in [-0.3, -0.25) is 0 Å². The van der Waals surface area contributed by atoms with Crippen molar-refractivity contribution in [2.24, 2.45) is 5.92 Å². The van der Waals surface area contributed by atoms with Gasteiger partial charge in [-0.15, -0.1) is 0 Å². The van der Waals surface area contributed by atoms with Crippen molar-refractivity contribution in [2.45, 2.75) is 44.1 Å². The predicted molar refractivity (Wildman–Crippen MR) is 96.9 cm³/mol. The first-order chi connectivity index (χ1) is 12.1. The standard InChI is InChI=1S/C18H25N3O4S/c1-18(2,3)25-17(22)20-13-14-7-9-21(10-8-14)26(23,24)16-6-4-5-15(11-16)12-19/h4-6,11,14H,7-10,13H2,1-3H3,(H,20,22). The Morgan fingerprint density at radius 2 is 2.00 bits per heavy atom. The summed E-state index contributed by atoms with van der Waals surface area (Å²) in [6.07, 6.45) is 0.862. The van der Waals surface area contributed by atoms with Gasteiger partial charge in [-0.2, -0.15) is 9.57 Å². The van der Waals surface area contributed by atoms with Crippen molar-refractivity contribution in [1.82, 2.24) is 9.62 Å². The van der Waals surface area contributed by atoms with E-state index in [9.17, 15) is 13.2 Å². The molecule has 1 saturated heterocycles. The largest absolute Gasteiger partial charge is 0.444 e. The third-order valence-electron chi connectivity index (χ3n) is 4.11. The van der Waals surface area contributed by atoms with E-state index in [1.165, 1.54) is 16.4 Å². The second-order valence-corrected chi connectivity index (χ2v) is 9.31. The number of nitrogens with one attached hydrogen (secondary N) is 1. The molecule has 1 amide bonds. The number of hydrogen-bond donors (Lipinski definition) is 1. The molecule has 0 unspecified atom stereocenters. The second-order valence-electron chi connectivity index (χ2n) is 7.37. The van der Waals surface area contributed by atoms with Gasteiger partial charge >= 0.3 is 6.09 Å².